The SMILES string of the molecule is CN(CC(=O)NC(C)(C)C)C(=O)c1cc(Br)cn1C1CC1. The van der Waals surface area contributed by atoms with Gasteiger partial charge in [0.1, 0.15) is 5.69 Å². The number of rotatable bonds is 4. The molecule has 0 bridgehead atoms. The maximum absolute atomic E-state index is 12.5. The summed E-state index contributed by atoms with van der Waals surface area (Å²) in [5.74, 6) is -0.279. The second kappa shape index (κ2) is 5.83. The number of hydrogen-bond donors (Lipinski definition) is 1. The van der Waals surface area contributed by atoms with E-state index in [9.17, 15) is 9.59 Å². The molecule has 1 fully saturated rings. The number of carbonyl (C=O) groups excluding carboxylic acids is 2. The zero-order chi connectivity index (χ0) is 15.8. The molecule has 21 heavy (non-hydrogen) atoms. The lowest BCUT2D eigenvalue weighted by molar-refractivity contribution is -0.122. The molecule has 1 aromatic heterocycles. The normalized spacial score (nSPS) is 14.9. The van der Waals surface area contributed by atoms with Gasteiger partial charge in [-0.3, -0.25) is 9.59 Å². The van der Waals surface area contributed by atoms with Crippen LogP contribution >= 0.6 is 15.9 Å². The average molecular weight is 356 g/mol. The first kappa shape index (κ1) is 16.1. The minimum atomic E-state index is -0.293. The van der Waals surface area contributed by atoms with Crippen LogP contribution in [-0.2, 0) is 4.79 Å². The highest BCUT2D eigenvalue weighted by Crippen LogP contribution is 2.37. The molecule has 0 saturated heterocycles. The van der Waals surface area contributed by atoms with Gasteiger partial charge in [-0.1, -0.05) is 0 Å². The first-order valence-corrected chi connectivity index (χ1v) is 7.90. The van der Waals surface area contributed by atoms with E-state index in [1.165, 1.54) is 4.90 Å². The van der Waals surface area contributed by atoms with Crippen molar-refractivity contribution >= 4 is 27.7 Å². The van der Waals surface area contributed by atoms with Gasteiger partial charge >= 0.3 is 0 Å². The third-order valence-corrected chi connectivity index (χ3v) is 3.65. The monoisotopic (exact) mass is 355 g/mol. The first-order chi connectivity index (χ1) is 9.67. The van der Waals surface area contributed by atoms with Crippen LogP contribution in [-0.4, -0.2) is 40.4 Å². The summed E-state index contributed by atoms with van der Waals surface area (Å²) < 4.78 is 2.90. The van der Waals surface area contributed by atoms with Crippen molar-refractivity contribution in [2.75, 3.05) is 13.6 Å². The summed E-state index contributed by atoms with van der Waals surface area (Å²) in [4.78, 5) is 25.9. The van der Waals surface area contributed by atoms with Crippen molar-refractivity contribution in [2.45, 2.75) is 45.2 Å². The smallest absolute Gasteiger partial charge is 0.270 e. The van der Waals surface area contributed by atoms with E-state index in [0.717, 1.165) is 17.3 Å². The maximum Gasteiger partial charge on any atom is 0.270 e. The summed E-state index contributed by atoms with van der Waals surface area (Å²) >= 11 is 3.42. The highest BCUT2D eigenvalue weighted by Gasteiger charge is 2.29. The van der Waals surface area contributed by atoms with Crippen LogP contribution in [0, 0.1) is 0 Å². The largest absolute Gasteiger partial charge is 0.350 e. The Balaban J connectivity index is 2.04. The number of amides is 2. The summed E-state index contributed by atoms with van der Waals surface area (Å²) in [6, 6.07) is 2.24. The Morgan fingerprint density at radius 1 is 1.43 bits per heavy atom. The number of hydrogen-bond acceptors (Lipinski definition) is 2. The highest BCUT2D eigenvalue weighted by molar-refractivity contribution is 9.10. The Kier molecular flexibility index (Phi) is 4.46. The third-order valence-electron chi connectivity index (χ3n) is 3.22. The molecule has 1 heterocycles. The topological polar surface area (TPSA) is 54.3 Å². The van der Waals surface area contributed by atoms with Gasteiger partial charge in [0, 0.05) is 29.3 Å². The van der Waals surface area contributed by atoms with Gasteiger partial charge in [-0.2, -0.15) is 0 Å². The fraction of sp³-hybridized carbons (Fsp3) is 0.600. The molecule has 0 unspecified atom stereocenters. The van der Waals surface area contributed by atoms with Crippen LogP contribution < -0.4 is 5.32 Å². The fourth-order valence-electron chi connectivity index (χ4n) is 2.21. The van der Waals surface area contributed by atoms with E-state index in [0.29, 0.717) is 11.7 Å². The Labute approximate surface area is 133 Å². The first-order valence-electron chi connectivity index (χ1n) is 7.11. The molecule has 5 nitrogen and oxygen atoms in total. The molecule has 1 aliphatic carbocycles. The van der Waals surface area contributed by atoms with Crippen molar-refractivity contribution < 1.29 is 9.59 Å². The Bertz CT molecular complexity index is 556. The summed E-state index contributed by atoms with van der Waals surface area (Å²) in [7, 11) is 1.66. The van der Waals surface area contributed by atoms with Crippen LogP contribution in [0.4, 0.5) is 0 Å². The molecule has 1 aromatic rings. The van der Waals surface area contributed by atoms with Crippen LogP contribution in [0.1, 0.15) is 50.1 Å². The standard InChI is InChI=1S/C15H22BrN3O2/c1-15(2,3)17-13(20)9-18(4)14(21)12-7-10(16)8-19(12)11-5-6-11/h7-8,11H,5-6,9H2,1-4H3,(H,17,20). The summed E-state index contributed by atoms with van der Waals surface area (Å²) in [6.07, 6.45) is 4.15. The minimum Gasteiger partial charge on any atom is -0.350 e. The molecule has 0 spiro atoms. The molecule has 0 aliphatic heterocycles. The van der Waals surface area contributed by atoms with Crippen LogP contribution in [0.3, 0.4) is 0 Å². The van der Waals surface area contributed by atoms with Crippen LogP contribution in [0.2, 0.25) is 0 Å². The maximum atomic E-state index is 12.5. The predicted octanol–water partition coefficient (Wildman–Crippen LogP) is 2.57. The summed E-state index contributed by atoms with van der Waals surface area (Å²) in [5, 5.41) is 2.86. The number of nitrogens with one attached hydrogen (secondary N) is 1. The molecule has 0 radical (unpaired) electrons. The number of halogens is 1. The van der Waals surface area contributed by atoms with Crippen molar-refractivity contribution in [3.8, 4) is 0 Å². The second-order valence-electron chi connectivity index (χ2n) is 6.64. The zero-order valence-corrected chi connectivity index (χ0v) is 14.5. The Morgan fingerprint density at radius 3 is 2.57 bits per heavy atom. The van der Waals surface area contributed by atoms with E-state index in [1.54, 1.807) is 7.05 Å². The van der Waals surface area contributed by atoms with Gasteiger partial charge < -0.3 is 14.8 Å². The second-order valence-corrected chi connectivity index (χ2v) is 7.56. The van der Waals surface area contributed by atoms with Gasteiger partial charge in [0.25, 0.3) is 5.91 Å². The van der Waals surface area contributed by atoms with E-state index in [-0.39, 0.29) is 23.9 Å². The van der Waals surface area contributed by atoms with E-state index < -0.39 is 0 Å². The van der Waals surface area contributed by atoms with Crippen LogP contribution in [0.15, 0.2) is 16.7 Å². The molecular weight excluding hydrogens is 334 g/mol. The Hall–Kier alpha value is -1.30. The van der Waals surface area contributed by atoms with Gasteiger partial charge in [0.15, 0.2) is 0 Å². The third kappa shape index (κ3) is 4.33. The van der Waals surface area contributed by atoms with Crippen molar-refractivity contribution in [3.05, 3.63) is 22.4 Å². The molecule has 2 amide bonds. The van der Waals surface area contributed by atoms with Crippen molar-refractivity contribution in [1.82, 2.24) is 14.8 Å². The van der Waals surface area contributed by atoms with Gasteiger partial charge in [-0.05, 0) is 55.6 Å². The molecule has 1 saturated carbocycles. The lowest BCUT2D eigenvalue weighted by atomic mass is 10.1. The number of carbonyl (C=O) groups is 2. The van der Waals surface area contributed by atoms with Gasteiger partial charge in [-0.15, -0.1) is 0 Å². The molecule has 116 valence electrons. The van der Waals surface area contributed by atoms with Crippen molar-refractivity contribution in [2.24, 2.45) is 0 Å². The highest BCUT2D eigenvalue weighted by atomic mass is 79.9. The molecule has 2 rings (SSSR count). The lowest BCUT2D eigenvalue weighted by Crippen LogP contribution is -2.46. The molecular formula is C15H22BrN3O2. The zero-order valence-electron chi connectivity index (χ0n) is 12.9. The number of aromatic nitrogens is 1. The quantitative estimate of drug-likeness (QED) is 0.902. The minimum absolute atomic E-state index is 0.0591. The number of likely N-dealkylation sites (N-methyl/N-ethyl adjacent to an activating group) is 1. The molecule has 1 aliphatic rings. The van der Waals surface area contributed by atoms with E-state index in [2.05, 4.69) is 21.2 Å². The molecule has 0 aromatic carbocycles. The van der Waals surface area contributed by atoms with Crippen LogP contribution in [0.5, 0.6) is 0 Å². The number of nitrogens with zero attached hydrogens (tertiary/aromatic N) is 2. The Morgan fingerprint density at radius 2 is 2.05 bits per heavy atom. The van der Waals surface area contributed by atoms with E-state index >= 15 is 0 Å². The van der Waals surface area contributed by atoms with E-state index in [1.807, 2.05) is 37.6 Å². The summed E-state index contributed by atoms with van der Waals surface area (Å²) in [5.41, 5.74) is 0.341. The van der Waals surface area contributed by atoms with Gasteiger partial charge in [0.2, 0.25) is 5.91 Å². The lowest BCUT2D eigenvalue weighted by Gasteiger charge is -2.23. The average Bonchev–Trinajstić information content (AvgIpc) is 3.09. The predicted molar refractivity (Wildman–Crippen MR) is 85.3 cm³/mol. The van der Waals surface area contributed by atoms with Gasteiger partial charge in [0.05, 0.1) is 6.54 Å². The van der Waals surface area contributed by atoms with Crippen molar-refractivity contribution in [3.63, 3.8) is 0 Å². The molecule has 0 atom stereocenters. The van der Waals surface area contributed by atoms with E-state index in [4.69, 9.17) is 0 Å². The van der Waals surface area contributed by atoms with Crippen molar-refractivity contribution in [1.29, 1.82) is 0 Å². The van der Waals surface area contributed by atoms with Gasteiger partial charge in [-0.25, -0.2) is 0 Å². The molecule has 1 N–H and O–H groups in total. The summed E-state index contributed by atoms with van der Waals surface area (Å²) in [6.45, 7) is 5.82. The fourth-order valence-corrected chi connectivity index (χ4v) is 2.65. The van der Waals surface area contributed by atoms with Crippen LogP contribution in [0.25, 0.3) is 0 Å². The molecule has 6 heteroatoms.